The fourth-order valence-electron chi connectivity index (χ4n) is 0. The molecule has 0 spiro atoms. The van der Waals surface area contributed by atoms with Crippen molar-refractivity contribution < 1.29 is 19.8 Å². The third kappa shape index (κ3) is 19.6. The van der Waals surface area contributed by atoms with Gasteiger partial charge in [-0.15, -0.1) is 0 Å². The average molecular weight is 134 g/mol. The number of carboxylic acid groups (broad SMARTS) is 2. The molecule has 0 fully saturated rings. The second-order valence-corrected chi connectivity index (χ2v) is 1.32. The Hall–Kier alpha value is -1.06. The van der Waals surface area contributed by atoms with E-state index in [1.54, 1.807) is 0 Å². The Morgan fingerprint density at radius 2 is 1.22 bits per heavy atom. The van der Waals surface area contributed by atoms with Gasteiger partial charge in [-0.25, -0.2) is 9.59 Å². The molecular formula is C5H10O4. The Morgan fingerprint density at radius 1 is 1.11 bits per heavy atom. The van der Waals surface area contributed by atoms with E-state index < -0.39 is 11.9 Å². The first-order valence-electron chi connectivity index (χ1n) is 2.52. The van der Waals surface area contributed by atoms with Crippen molar-refractivity contribution in [2.24, 2.45) is 0 Å². The molecule has 0 unspecified atom stereocenters. The molecule has 2 N–H and O–H groups in total. The summed E-state index contributed by atoms with van der Waals surface area (Å²) in [4.78, 5) is 18.2. The van der Waals surface area contributed by atoms with Crippen LogP contribution in [0.25, 0.3) is 0 Å². The predicted octanol–water partition coefficient (Wildman–Crippen LogP) is 0.572. The molecule has 0 aliphatic rings. The van der Waals surface area contributed by atoms with E-state index in [2.05, 4.69) is 13.8 Å². The maximum atomic E-state index is 9.10. The molecule has 0 saturated heterocycles. The molecule has 0 aliphatic carbocycles. The van der Waals surface area contributed by atoms with Crippen molar-refractivity contribution in [2.75, 3.05) is 0 Å². The highest BCUT2D eigenvalue weighted by Crippen LogP contribution is 1.56. The molecule has 4 heteroatoms. The van der Waals surface area contributed by atoms with E-state index in [9.17, 15) is 0 Å². The average Bonchev–Trinajstić information content (AvgIpc) is 1.68. The van der Waals surface area contributed by atoms with Gasteiger partial charge in [0.2, 0.25) is 0 Å². The second kappa shape index (κ2) is 6.94. The Balaban J connectivity index is 0. The van der Waals surface area contributed by atoms with Crippen LogP contribution in [0.5, 0.6) is 0 Å². The normalized spacial score (nSPS) is 6.89. The molecule has 0 aliphatic heterocycles. The molecule has 0 aromatic heterocycles. The lowest BCUT2D eigenvalue weighted by Crippen LogP contribution is -2.09. The van der Waals surface area contributed by atoms with Gasteiger partial charge in [0.05, 0.1) is 0 Å². The van der Waals surface area contributed by atoms with E-state index in [0.717, 1.165) is 0 Å². The largest absolute Gasteiger partial charge is 0.473 e. The highest BCUT2D eigenvalue weighted by atomic mass is 16.4. The maximum Gasteiger partial charge on any atom is 0.414 e. The second-order valence-electron chi connectivity index (χ2n) is 1.32. The monoisotopic (exact) mass is 134 g/mol. The first-order chi connectivity index (χ1) is 4.06. The molecule has 9 heavy (non-hydrogen) atoms. The summed E-state index contributed by atoms with van der Waals surface area (Å²) in [5.41, 5.74) is 0. The number of carboxylic acids is 2. The maximum absolute atomic E-state index is 9.10. The van der Waals surface area contributed by atoms with Gasteiger partial charge in [0.1, 0.15) is 0 Å². The van der Waals surface area contributed by atoms with Crippen LogP contribution < -0.4 is 0 Å². The van der Waals surface area contributed by atoms with Crippen LogP contribution in [0.15, 0.2) is 0 Å². The molecule has 0 saturated carbocycles. The summed E-state index contributed by atoms with van der Waals surface area (Å²) in [6, 6.07) is 0. The van der Waals surface area contributed by atoms with Crippen molar-refractivity contribution in [1.82, 2.24) is 0 Å². The van der Waals surface area contributed by atoms with Gasteiger partial charge in [0, 0.05) is 0 Å². The number of carbonyl (C=O) groups is 2. The summed E-state index contributed by atoms with van der Waals surface area (Å²) >= 11 is 0. The summed E-state index contributed by atoms with van der Waals surface area (Å²) in [6.45, 7) is 4.25. The molecule has 0 radical (unpaired) electrons. The van der Waals surface area contributed by atoms with E-state index >= 15 is 0 Å². The summed E-state index contributed by atoms with van der Waals surface area (Å²) in [5, 5.41) is 14.8. The van der Waals surface area contributed by atoms with Gasteiger partial charge in [-0.3, -0.25) is 0 Å². The minimum absolute atomic E-state index is 1.25. The van der Waals surface area contributed by atoms with E-state index in [4.69, 9.17) is 19.8 Å². The fourth-order valence-corrected chi connectivity index (χ4v) is 0. The van der Waals surface area contributed by atoms with Crippen LogP contribution in [0.3, 0.4) is 0 Å². The smallest absolute Gasteiger partial charge is 0.414 e. The molecule has 0 heterocycles. The number of hydrogen-bond acceptors (Lipinski definition) is 2. The van der Waals surface area contributed by atoms with Crippen molar-refractivity contribution in [2.45, 2.75) is 20.3 Å². The summed E-state index contributed by atoms with van der Waals surface area (Å²) < 4.78 is 0. The van der Waals surface area contributed by atoms with Gasteiger partial charge in [-0.2, -0.15) is 0 Å². The SMILES string of the molecule is CCC.O=C(O)C(=O)O. The van der Waals surface area contributed by atoms with Crippen molar-refractivity contribution >= 4 is 11.9 Å². The van der Waals surface area contributed by atoms with Crippen molar-refractivity contribution in [3.05, 3.63) is 0 Å². The standard InChI is InChI=1S/C3H8.C2H2O4/c1-3-2;3-1(4)2(5)6/h3H2,1-2H3;(H,3,4)(H,5,6). The van der Waals surface area contributed by atoms with Crippen LogP contribution in [-0.4, -0.2) is 22.2 Å². The lowest BCUT2D eigenvalue weighted by molar-refractivity contribution is -0.159. The fraction of sp³-hybridized carbons (Fsp3) is 0.600. The van der Waals surface area contributed by atoms with Gasteiger partial charge in [0.25, 0.3) is 0 Å². The summed E-state index contributed by atoms with van der Waals surface area (Å²) in [6.07, 6.45) is 1.25. The topological polar surface area (TPSA) is 74.6 Å². The van der Waals surface area contributed by atoms with Gasteiger partial charge >= 0.3 is 11.9 Å². The van der Waals surface area contributed by atoms with Crippen LogP contribution in [-0.2, 0) is 9.59 Å². The van der Waals surface area contributed by atoms with Crippen LogP contribution in [0.2, 0.25) is 0 Å². The minimum atomic E-state index is -1.82. The molecule has 0 bridgehead atoms. The molecule has 0 atom stereocenters. The molecule has 0 amide bonds. The summed E-state index contributed by atoms with van der Waals surface area (Å²) in [7, 11) is 0. The molecule has 0 aromatic rings. The molecular weight excluding hydrogens is 124 g/mol. The predicted molar refractivity (Wildman–Crippen MR) is 31.2 cm³/mol. The highest BCUT2D eigenvalue weighted by molar-refractivity contribution is 6.27. The molecule has 0 aromatic carbocycles. The van der Waals surface area contributed by atoms with Crippen molar-refractivity contribution in [1.29, 1.82) is 0 Å². The van der Waals surface area contributed by atoms with E-state index in [1.807, 2.05) is 0 Å². The zero-order chi connectivity index (χ0) is 7.86. The number of rotatable bonds is 0. The third-order valence-corrected chi connectivity index (χ3v) is 0.183. The summed E-state index contributed by atoms with van der Waals surface area (Å²) in [5.74, 6) is -3.65. The van der Waals surface area contributed by atoms with Crippen molar-refractivity contribution in [3.63, 3.8) is 0 Å². The van der Waals surface area contributed by atoms with E-state index in [1.165, 1.54) is 6.42 Å². The highest BCUT2D eigenvalue weighted by Gasteiger charge is 2.04. The number of aliphatic carboxylic acids is 2. The van der Waals surface area contributed by atoms with Crippen LogP contribution in [0.4, 0.5) is 0 Å². The van der Waals surface area contributed by atoms with E-state index in [0.29, 0.717) is 0 Å². The van der Waals surface area contributed by atoms with Crippen molar-refractivity contribution in [3.8, 4) is 0 Å². The molecule has 0 rings (SSSR count). The zero-order valence-corrected chi connectivity index (χ0v) is 5.42. The zero-order valence-electron chi connectivity index (χ0n) is 5.42. The van der Waals surface area contributed by atoms with Gasteiger partial charge in [0.15, 0.2) is 0 Å². The minimum Gasteiger partial charge on any atom is -0.473 e. The van der Waals surface area contributed by atoms with Crippen LogP contribution in [0.1, 0.15) is 20.3 Å². The van der Waals surface area contributed by atoms with Gasteiger partial charge in [-0.1, -0.05) is 20.3 Å². The molecule has 54 valence electrons. The Bertz CT molecular complexity index is 85.1. The van der Waals surface area contributed by atoms with E-state index in [-0.39, 0.29) is 0 Å². The quantitative estimate of drug-likeness (QED) is 0.475. The first-order valence-corrected chi connectivity index (χ1v) is 2.52. The third-order valence-electron chi connectivity index (χ3n) is 0.183. The van der Waals surface area contributed by atoms with Crippen LogP contribution in [0, 0.1) is 0 Å². The lowest BCUT2D eigenvalue weighted by Gasteiger charge is -1.72. The number of hydrogen-bond donors (Lipinski definition) is 2. The van der Waals surface area contributed by atoms with Crippen LogP contribution >= 0.6 is 0 Å². The first kappa shape index (κ1) is 10.8. The Kier molecular flexibility index (Phi) is 8.36. The van der Waals surface area contributed by atoms with Gasteiger partial charge in [-0.05, 0) is 0 Å². The Labute approximate surface area is 53.1 Å². The Morgan fingerprint density at radius 3 is 1.22 bits per heavy atom. The molecule has 4 nitrogen and oxygen atoms in total. The van der Waals surface area contributed by atoms with Gasteiger partial charge < -0.3 is 10.2 Å². The lowest BCUT2D eigenvalue weighted by atomic mass is 10.6.